The summed E-state index contributed by atoms with van der Waals surface area (Å²) in [6.07, 6.45) is 2.63. The Morgan fingerprint density at radius 1 is 1.16 bits per heavy atom. The summed E-state index contributed by atoms with van der Waals surface area (Å²) < 4.78 is 6.63. The molecule has 0 unspecified atom stereocenters. The van der Waals surface area contributed by atoms with Crippen molar-refractivity contribution >= 4 is 43.7 Å². The summed E-state index contributed by atoms with van der Waals surface area (Å²) >= 11 is 3.58. The average Bonchev–Trinajstić information content (AvgIpc) is 2.97. The quantitative estimate of drug-likeness (QED) is 0.595. The van der Waals surface area contributed by atoms with Crippen LogP contribution in [0, 0.1) is 0 Å². The van der Waals surface area contributed by atoms with E-state index in [4.69, 9.17) is 4.52 Å². The largest absolute Gasteiger partial charge is 0.383 e. The third kappa shape index (κ3) is 3.76. The molecule has 132 valence electrons. The topological polar surface area (TPSA) is 58.0 Å². The maximum atomic E-state index is 12.2. The van der Waals surface area contributed by atoms with Gasteiger partial charge >= 0.3 is 0 Å². The van der Waals surface area contributed by atoms with Crippen molar-refractivity contribution < 1.29 is 4.52 Å². The van der Waals surface area contributed by atoms with Crippen LogP contribution in [0.1, 0.15) is 35.6 Å². The first-order chi connectivity index (χ1) is 11.7. The number of rotatable bonds is 3. The number of benzene rings is 2. The minimum absolute atomic E-state index is 0. The first-order valence-electron chi connectivity index (χ1n) is 8.30. The van der Waals surface area contributed by atoms with Gasteiger partial charge in [-0.2, -0.15) is 5.16 Å². The summed E-state index contributed by atoms with van der Waals surface area (Å²) in [5.41, 5.74) is 1.80. The van der Waals surface area contributed by atoms with E-state index in [1.165, 1.54) is 10.8 Å². The van der Waals surface area contributed by atoms with Gasteiger partial charge in [0.1, 0.15) is 5.76 Å². The second-order valence-corrected chi connectivity index (χ2v) is 7.23. The predicted octanol–water partition coefficient (Wildman–Crippen LogP) is 4.52. The van der Waals surface area contributed by atoms with Crippen molar-refractivity contribution in [1.29, 1.82) is 0 Å². The van der Waals surface area contributed by atoms with Gasteiger partial charge in [0.15, 0.2) is 0 Å². The van der Waals surface area contributed by atoms with Crippen LogP contribution < -0.4 is 10.9 Å². The molecule has 0 spiro atoms. The molecule has 2 aromatic carbocycles. The van der Waals surface area contributed by atoms with Crippen molar-refractivity contribution in [3.05, 3.63) is 68.1 Å². The summed E-state index contributed by atoms with van der Waals surface area (Å²) in [5, 5.41) is 8.25. The zero-order valence-electron chi connectivity index (χ0n) is 13.7. The van der Waals surface area contributed by atoms with E-state index in [1.54, 1.807) is 0 Å². The van der Waals surface area contributed by atoms with E-state index >= 15 is 0 Å². The van der Waals surface area contributed by atoms with E-state index in [1.807, 2.05) is 12.1 Å². The third-order valence-electron chi connectivity index (χ3n) is 4.81. The van der Waals surface area contributed by atoms with E-state index in [0.29, 0.717) is 12.3 Å². The lowest BCUT2D eigenvalue weighted by Gasteiger charge is -2.21. The molecule has 1 aliphatic rings. The SMILES string of the molecule is Br.O=c1[nH]oc(C2CCNCC2)c1Cc1ccc2c(Br)cccc2c1. The van der Waals surface area contributed by atoms with Crippen molar-refractivity contribution in [3.8, 4) is 0 Å². The summed E-state index contributed by atoms with van der Waals surface area (Å²) in [6, 6.07) is 12.5. The normalized spacial score (nSPS) is 15.2. The van der Waals surface area contributed by atoms with Crippen molar-refractivity contribution in [2.45, 2.75) is 25.2 Å². The number of hydrogen-bond donors (Lipinski definition) is 2. The number of aromatic amines is 1. The summed E-state index contributed by atoms with van der Waals surface area (Å²) in [6.45, 7) is 1.95. The molecule has 0 bridgehead atoms. The fraction of sp³-hybridized carbons (Fsp3) is 0.316. The number of nitrogens with one attached hydrogen (secondary N) is 2. The lowest BCUT2D eigenvalue weighted by atomic mass is 9.91. The molecule has 0 amide bonds. The van der Waals surface area contributed by atoms with Gasteiger partial charge in [0.05, 0.1) is 5.56 Å². The van der Waals surface area contributed by atoms with Gasteiger partial charge in [0.2, 0.25) is 0 Å². The number of halogens is 2. The standard InChI is InChI=1S/C19H19BrN2O2.BrH/c20-17-3-1-2-14-10-12(4-5-15(14)17)11-16-18(24-22-19(16)23)13-6-8-21-9-7-13;/h1-5,10,13,21H,6-9,11H2,(H,22,23);1H. The lowest BCUT2D eigenvalue weighted by molar-refractivity contribution is 0.324. The highest BCUT2D eigenvalue weighted by Crippen LogP contribution is 2.29. The highest BCUT2D eigenvalue weighted by atomic mass is 79.9. The van der Waals surface area contributed by atoms with Crippen LogP contribution in [0.5, 0.6) is 0 Å². The smallest absolute Gasteiger partial charge is 0.283 e. The molecule has 0 radical (unpaired) electrons. The molecule has 4 rings (SSSR count). The van der Waals surface area contributed by atoms with Gasteiger partial charge in [-0.25, -0.2) is 0 Å². The van der Waals surface area contributed by atoms with E-state index in [-0.39, 0.29) is 22.5 Å². The molecule has 1 fully saturated rings. The number of hydrogen-bond acceptors (Lipinski definition) is 3. The molecule has 0 atom stereocenters. The fourth-order valence-electron chi connectivity index (χ4n) is 3.53. The maximum absolute atomic E-state index is 12.2. The van der Waals surface area contributed by atoms with Crippen LogP contribution in [0.25, 0.3) is 10.8 Å². The first kappa shape index (κ1) is 18.4. The molecule has 1 saturated heterocycles. The Kier molecular flexibility index (Phi) is 5.81. The van der Waals surface area contributed by atoms with Crippen LogP contribution in [-0.4, -0.2) is 18.2 Å². The monoisotopic (exact) mass is 466 g/mol. The Balaban J connectivity index is 0.00000182. The number of aromatic nitrogens is 1. The van der Waals surface area contributed by atoms with Crippen LogP contribution >= 0.6 is 32.9 Å². The van der Waals surface area contributed by atoms with Crippen molar-refractivity contribution in [1.82, 2.24) is 10.5 Å². The van der Waals surface area contributed by atoms with Gasteiger partial charge in [-0.05, 0) is 48.3 Å². The molecule has 2 heterocycles. The van der Waals surface area contributed by atoms with Crippen LogP contribution in [0.4, 0.5) is 0 Å². The second kappa shape index (κ2) is 7.89. The van der Waals surface area contributed by atoms with Crippen molar-refractivity contribution in [2.75, 3.05) is 13.1 Å². The number of fused-ring (bicyclic) bond motifs is 1. The molecule has 0 saturated carbocycles. The van der Waals surface area contributed by atoms with Gasteiger partial charge in [-0.15, -0.1) is 17.0 Å². The Morgan fingerprint density at radius 3 is 2.76 bits per heavy atom. The van der Waals surface area contributed by atoms with Crippen molar-refractivity contribution in [2.24, 2.45) is 0 Å². The maximum Gasteiger partial charge on any atom is 0.283 e. The minimum Gasteiger partial charge on any atom is -0.383 e. The van der Waals surface area contributed by atoms with E-state index in [2.05, 4.69) is 50.7 Å². The molecule has 6 heteroatoms. The summed E-state index contributed by atoms with van der Waals surface area (Å²) in [5.74, 6) is 1.17. The average molecular weight is 468 g/mol. The zero-order chi connectivity index (χ0) is 16.5. The zero-order valence-corrected chi connectivity index (χ0v) is 17.0. The van der Waals surface area contributed by atoms with E-state index in [9.17, 15) is 4.79 Å². The van der Waals surface area contributed by atoms with E-state index < -0.39 is 0 Å². The fourth-order valence-corrected chi connectivity index (χ4v) is 4.04. The van der Waals surface area contributed by atoms with Crippen molar-refractivity contribution in [3.63, 3.8) is 0 Å². The minimum atomic E-state index is -0.0992. The molecule has 25 heavy (non-hydrogen) atoms. The van der Waals surface area contributed by atoms with Gasteiger partial charge in [0.25, 0.3) is 5.56 Å². The Bertz CT molecular complexity index is 927. The molecular formula is C19H20Br2N2O2. The van der Waals surface area contributed by atoms with Gasteiger partial charge in [-0.3, -0.25) is 4.79 Å². The highest BCUT2D eigenvalue weighted by molar-refractivity contribution is 9.10. The van der Waals surface area contributed by atoms with Crippen LogP contribution in [0.3, 0.4) is 0 Å². The van der Waals surface area contributed by atoms with Gasteiger partial charge < -0.3 is 9.84 Å². The molecule has 2 N–H and O–H groups in total. The summed E-state index contributed by atoms with van der Waals surface area (Å²) in [4.78, 5) is 12.2. The molecule has 1 aliphatic heterocycles. The third-order valence-corrected chi connectivity index (χ3v) is 5.50. The highest BCUT2D eigenvalue weighted by Gasteiger charge is 2.24. The van der Waals surface area contributed by atoms with Crippen LogP contribution in [-0.2, 0) is 6.42 Å². The van der Waals surface area contributed by atoms with Gasteiger partial charge in [-0.1, -0.05) is 46.3 Å². The predicted molar refractivity (Wildman–Crippen MR) is 109 cm³/mol. The first-order valence-corrected chi connectivity index (χ1v) is 9.10. The molecule has 1 aromatic heterocycles. The number of piperidine rings is 1. The lowest BCUT2D eigenvalue weighted by Crippen LogP contribution is -2.27. The molecule has 4 nitrogen and oxygen atoms in total. The Labute approximate surface area is 164 Å². The number of H-pyrrole nitrogens is 1. The summed E-state index contributed by atoms with van der Waals surface area (Å²) in [7, 11) is 0. The van der Waals surface area contributed by atoms with Gasteiger partial charge in [0, 0.05) is 16.8 Å². The molecule has 3 aromatic rings. The Morgan fingerprint density at radius 2 is 1.96 bits per heavy atom. The second-order valence-electron chi connectivity index (χ2n) is 6.37. The molecular weight excluding hydrogens is 448 g/mol. The molecule has 0 aliphatic carbocycles. The van der Waals surface area contributed by atoms with Crippen LogP contribution in [0.2, 0.25) is 0 Å². The van der Waals surface area contributed by atoms with Crippen LogP contribution in [0.15, 0.2) is 50.2 Å². The Hall–Kier alpha value is -1.37. The van der Waals surface area contributed by atoms with E-state index in [0.717, 1.165) is 47.3 Å².